The van der Waals surface area contributed by atoms with Crippen molar-refractivity contribution in [1.29, 1.82) is 0 Å². The Morgan fingerprint density at radius 2 is 1.32 bits per heavy atom. The van der Waals surface area contributed by atoms with Crippen molar-refractivity contribution in [1.82, 2.24) is 0 Å². The van der Waals surface area contributed by atoms with E-state index in [0.717, 1.165) is 57.8 Å². The van der Waals surface area contributed by atoms with E-state index in [1.54, 1.807) is 0 Å². The van der Waals surface area contributed by atoms with Crippen LogP contribution in [0.15, 0.2) is 0 Å². The molecule has 0 N–H and O–H groups in total. The van der Waals surface area contributed by atoms with Gasteiger partial charge in [-0.1, -0.05) is 64.7 Å². The standard InChI is InChI=1S/C24H42O4/c1-2-3-4-5-6-7-8-12-18-27-23(25)20-14-13-15-21(19-20)24(26)28-22-16-10-9-11-17-22/h20-22H,2-19H2,1H3. The van der Waals surface area contributed by atoms with Crippen molar-refractivity contribution in [2.75, 3.05) is 6.61 Å². The summed E-state index contributed by atoms with van der Waals surface area (Å²) in [7, 11) is 0. The second-order valence-corrected chi connectivity index (χ2v) is 8.90. The molecule has 2 aliphatic carbocycles. The van der Waals surface area contributed by atoms with E-state index in [1.165, 1.54) is 44.9 Å². The van der Waals surface area contributed by atoms with Gasteiger partial charge in [-0.25, -0.2) is 0 Å². The van der Waals surface area contributed by atoms with Crippen LogP contribution in [-0.4, -0.2) is 24.6 Å². The summed E-state index contributed by atoms with van der Waals surface area (Å²) in [5, 5.41) is 0. The first-order valence-corrected chi connectivity index (χ1v) is 12.1. The van der Waals surface area contributed by atoms with Crippen LogP contribution < -0.4 is 0 Å². The Balaban J connectivity index is 1.56. The van der Waals surface area contributed by atoms with Crippen molar-refractivity contribution in [3.8, 4) is 0 Å². The van der Waals surface area contributed by atoms with Crippen LogP contribution in [0, 0.1) is 11.8 Å². The molecule has 0 radical (unpaired) electrons. The molecule has 0 bridgehead atoms. The Kier molecular flexibility index (Phi) is 11.6. The molecule has 0 aliphatic heterocycles. The third-order valence-electron chi connectivity index (χ3n) is 6.42. The third-order valence-corrected chi connectivity index (χ3v) is 6.42. The van der Waals surface area contributed by atoms with Crippen molar-refractivity contribution < 1.29 is 19.1 Å². The lowest BCUT2D eigenvalue weighted by Crippen LogP contribution is -2.32. The molecule has 2 rings (SSSR count). The molecule has 2 atom stereocenters. The van der Waals surface area contributed by atoms with Crippen molar-refractivity contribution in [3.05, 3.63) is 0 Å². The molecule has 28 heavy (non-hydrogen) atoms. The fraction of sp³-hybridized carbons (Fsp3) is 0.917. The zero-order valence-electron chi connectivity index (χ0n) is 18.1. The summed E-state index contributed by atoms with van der Waals surface area (Å²) in [5.41, 5.74) is 0. The number of carbonyl (C=O) groups excluding carboxylic acids is 2. The molecule has 4 nitrogen and oxygen atoms in total. The molecule has 0 heterocycles. The molecule has 2 unspecified atom stereocenters. The van der Waals surface area contributed by atoms with E-state index in [-0.39, 0.29) is 29.9 Å². The van der Waals surface area contributed by atoms with E-state index in [4.69, 9.17) is 9.47 Å². The van der Waals surface area contributed by atoms with E-state index < -0.39 is 0 Å². The minimum Gasteiger partial charge on any atom is -0.465 e. The third kappa shape index (κ3) is 8.96. The van der Waals surface area contributed by atoms with Gasteiger partial charge in [0.1, 0.15) is 6.10 Å². The van der Waals surface area contributed by atoms with Gasteiger partial charge in [0.2, 0.25) is 0 Å². The Bertz CT molecular complexity index is 442. The van der Waals surface area contributed by atoms with Crippen molar-refractivity contribution in [2.45, 2.75) is 122 Å². The number of hydrogen-bond donors (Lipinski definition) is 0. The summed E-state index contributed by atoms with van der Waals surface area (Å²) in [6.45, 7) is 2.77. The fourth-order valence-corrected chi connectivity index (χ4v) is 4.59. The molecule has 0 spiro atoms. The van der Waals surface area contributed by atoms with Gasteiger partial charge in [-0.3, -0.25) is 9.59 Å². The Morgan fingerprint density at radius 3 is 2.00 bits per heavy atom. The largest absolute Gasteiger partial charge is 0.465 e. The van der Waals surface area contributed by atoms with Gasteiger partial charge in [0.05, 0.1) is 18.4 Å². The minimum absolute atomic E-state index is 0.0764. The smallest absolute Gasteiger partial charge is 0.309 e. The van der Waals surface area contributed by atoms with Gasteiger partial charge in [0, 0.05) is 0 Å². The highest BCUT2D eigenvalue weighted by Crippen LogP contribution is 2.32. The SMILES string of the molecule is CCCCCCCCCCOC(=O)C1CCCC(C(=O)OC2CCCCC2)C1. The molecule has 2 fully saturated rings. The number of hydrogen-bond acceptors (Lipinski definition) is 4. The zero-order valence-corrected chi connectivity index (χ0v) is 18.1. The first-order chi connectivity index (χ1) is 13.7. The normalized spacial score (nSPS) is 23.3. The van der Waals surface area contributed by atoms with Crippen LogP contribution in [0.2, 0.25) is 0 Å². The number of ether oxygens (including phenoxy) is 2. The van der Waals surface area contributed by atoms with Crippen molar-refractivity contribution in [2.24, 2.45) is 11.8 Å². The van der Waals surface area contributed by atoms with Gasteiger partial charge in [-0.05, 0) is 51.4 Å². The first-order valence-electron chi connectivity index (χ1n) is 12.1. The van der Waals surface area contributed by atoms with Crippen molar-refractivity contribution in [3.63, 3.8) is 0 Å². The lowest BCUT2D eigenvalue weighted by molar-refractivity contribution is -0.159. The number of carbonyl (C=O) groups is 2. The van der Waals surface area contributed by atoms with Crippen molar-refractivity contribution >= 4 is 11.9 Å². The molecule has 0 aromatic heterocycles. The fourth-order valence-electron chi connectivity index (χ4n) is 4.59. The van der Waals surface area contributed by atoms with Crippen LogP contribution in [0.3, 0.4) is 0 Å². The average Bonchev–Trinajstić information content (AvgIpc) is 2.73. The van der Waals surface area contributed by atoms with E-state index in [0.29, 0.717) is 13.0 Å². The summed E-state index contributed by atoms with van der Waals surface area (Å²) in [6.07, 6.45) is 18.9. The minimum atomic E-state index is -0.119. The average molecular weight is 395 g/mol. The van der Waals surface area contributed by atoms with E-state index in [1.807, 2.05) is 0 Å². The van der Waals surface area contributed by atoms with E-state index in [2.05, 4.69) is 6.92 Å². The summed E-state index contributed by atoms with van der Waals surface area (Å²) >= 11 is 0. The topological polar surface area (TPSA) is 52.6 Å². The highest BCUT2D eigenvalue weighted by Gasteiger charge is 2.34. The zero-order chi connectivity index (χ0) is 20.0. The van der Waals surface area contributed by atoms with E-state index >= 15 is 0 Å². The Hall–Kier alpha value is -1.06. The highest BCUT2D eigenvalue weighted by atomic mass is 16.5. The maximum atomic E-state index is 12.5. The maximum Gasteiger partial charge on any atom is 0.309 e. The van der Waals surface area contributed by atoms with Gasteiger partial charge in [0.15, 0.2) is 0 Å². The molecule has 4 heteroatoms. The number of rotatable bonds is 12. The number of unbranched alkanes of at least 4 members (excludes halogenated alkanes) is 7. The summed E-state index contributed by atoms with van der Waals surface area (Å²) in [5.74, 6) is -0.409. The van der Waals surface area contributed by atoms with Crippen LogP contribution in [0.25, 0.3) is 0 Å². The molecule has 0 aromatic rings. The lowest BCUT2D eigenvalue weighted by Gasteiger charge is -2.29. The van der Waals surface area contributed by atoms with Crippen LogP contribution in [0.4, 0.5) is 0 Å². The lowest BCUT2D eigenvalue weighted by atomic mass is 9.81. The summed E-state index contributed by atoms with van der Waals surface area (Å²) in [4.78, 5) is 24.9. The molecule has 0 saturated heterocycles. The van der Waals surface area contributed by atoms with Gasteiger partial charge >= 0.3 is 11.9 Å². The summed E-state index contributed by atoms with van der Waals surface area (Å²) < 4.78 is 11.2. The molecule has 2 saturated carbocycles. The molecular formula is C24H42O4. The Morgan fingerprint density at radius 1 is 0.714 bits per heavy atom. The predicted molar refractivity (Wildman–Crippen MR) is 112 cm³/mol. The van der Waals surface area contributed by atoms with Crippen LogP contribution in [-0.2, 0) is 19.1 Å². The molecule has 0 amide bonds. The quantitative estimate of drug-likeness (QED) is 0.286. The van der Waals surface area contributed by atoms with Crippen LogP contribution in [0.1, 0.15) is 116 Å². The molecule has 162 valence electrons. The van der Waals surface area contributed by atoms with Crippen LogP contribution in [0.5, 0.6) is 0 Å². The van der Waals surface area contributed by atoms with Gasteiger partial charge in [0.25, 0.3) is 0 Å². The highest BCUT2D eigenvalue weighted by molar-refractivity contribution is 5.76. The second-order valence-electron chi connectivity index (χ2n) is 8.90. The molecular weight excluding hydrogens is 352 g/mol. The van der Waals surface area contributed by atoms with E-state index in [9.17, 15) is 9.59 Å². The van der Waals surface area contributed by atoms with Crippen LogP contribution >= 0.6 is 0 Å². The molecule has 2 aliphatic rings. The first kappa shape index (κ1) is 23.2. The monoisotopic (exact) mass is 394 g/mol. The van der Waals surface area contributed by atoms with Gasteiger partial charge in [-0.2, -0.15) is 0 Å². The second kappa shape index (κ2) is 14.0. The van der Waals surface area contributed by atoms with Gasteiger partial charge in [-0.15, -0.1) is 0 Å². The predicted octanol–water partition coefficient (Wildman–Crippen LogP) is 6.35. The van der Waals surface area contributed by atoms with Gasteiger partial charge < -0.3 is 9.47 Å². The Labute approximate surface area is 172 Å². The number of esters is 2. The molecule has 0 aromatic carbocycles. The summed E-state index contributed by atoms with van der Waals surface area (Å²) in [6, 6.07) is 0. The maximum absolute atomic E-state index is 12.5.